The van der Waals surface area contributed by atoms with E-state index in [9.17, 15) is 4.79 Å². The van der Waals surface area contributed by atoms with Crippen LogP contribution in [0.4, 0.5) is 0 Å². The number of hydrogen-bond donors (Lipinski definition) is 0. The standard InChI is InChI=1S/C22H25N3O3/c1-5-18(27-19-12-7-6-10-16(19)3)22(26)25(4)14-20-23-21(24-28-20)17-11-8-9-15(2)13-17/h6-13,18H,5,14H2,1-4H3/t18-/m1/s1. The van der Waals surface area contributed by atoms with Gasteiger partial charge in [-0.2, -0.15) is 4.98 Å². The third-order valence-electron chi connectivity index (χ3n) is 4.50. The second-order valence-corrected chi connectivity index (χ2v) is 6.86. The molecule has 1 amide bonds. The Bertz CT molecular complexity index is 951. The minimum Gasteiger partial charge on any atom is -0.480 e. The molecule has 0 bridgehead atoms. The molecule has 146 valence electrons. The number of hydrogen-bond acceptors (Lipinski definition) is 5. The molecule has 0 N–H and O–H groups in total. The number of carbonyl (C=O) groups is 1. The second-order valence-electron chi connectivity index (χ2n) is 6.86. The van der Waals surface area contributed by atoms with Gasteiger partial charge in [0.1, 0.15) is 5.75 Å². The van der Waals surface area contributed by atoms with Crippen LogP contribution < -0.4 is 4.74 Å². The quantitative estimate of drug-likeness (QED) is 0.616. The summed E-state index contributed by atoms with van der Waals surface area (Å²) in [5.74, 6) is 1.50. The van der Waals surface area contributed by atoms with Crippen LogP contribution in [0.5, 0.6) is 5.75 Å². The van der Waals surface area contributed by atoms with Gasteiger partial charge < -0.3 is 14.2 Å². The molecule has 0 saturated heterocycles. The van der Waals surface area contributed by atoms with E-state index in [1.807, 2.05) is 69.3 Å². The molecule has 2 aromatic carbocycles. The van der Waals surface area contributed by atoms with Crippen molar-refractivity contribution < 1.29 is 14.1 Å². The van der Waals surface area contributed by atoms with Gasteiger partial charge in [-0.25, -0.2) is 0 Å². The van der Waals surface area contributed by atoms with Crippen molar-refractivity contribution >= 4 is 5.91 Å². The van der Waals surface area contributed by atoms with Crippen molar-refractivity contribution in [3.05, 3.63) is 65.5 Å². The van der Waals surface area contributed by atoms with Crippen molar-refractivity contribution in [2.75, 3.05) is 7.05 Å². The van der Waals surface area contributed by atoms with Crippen LogP contribution in [-0.4, -0.2) is 34.1 Å². The summed E-state index contributed by atoms with van der Waals surface area (Å²) in [6.45, 7) is 6.13. The number of aromatic nitrogens is 2. The van der Waals surface area contributed by atoms with E-state index < -0.39 is 6.10 Å². The molecular weight excluding hydrogens is 354 g/mol. The summed E-state index contributed by atoms with van der Waals surface area (Å²) in [7, 11) is 1.71. The second kappa shape index (κ2) is 8.69. The zero-order chi connectivity index (χ0) is 20.1. The van der Waals surface area contributed by atoms with Crippen molar-refractivity contribution in [1.82, 2.24) is 15.0 Å². The van der Waals surface area contributed by atoms with Gasteiger partial charge in [0.05, 0.1) is 6.54 Å². The first-order valence-corrected chi connectivity index (χ1v) is 9.34. The summed E-state index contributed by atoms with van der Waals surface area (Å²) in [6.07, 6.45) is 0.000791. The maximum absolute atomic E-state index is 12.8. The molecule has 6 heteroatoms. The molecule has 0 radical (unpaired) electrons. The van der Waals surface area contributed by atoms with Gasteiger partial charge in [0.25, 0.3) is 5.91 Å². The molecule has 0 aliphatic rings. The number of nitrogens with zero attached hydrogens (tertiary/aromatic N) is 3. The predicted molar refractivity (Wildman–Crippen MR) is 107 cm³/mol. The van der Waals surface area contributed by atoms with Crippen LogP contribution in [0.2, 0.25) is 0 Å². The van der Waals surface area contributed by atoms with Gasteiger partial charge >= 0.3 is 0 Å². The van der Waals surface area contributed by atoms with Crippen LogP contribution in [0.25, 0.3) is 11.4 Å². The Morgan fingerprint density at radius 1 is 1.18 bits per heavy atom. The summed E-state index contributed by atoms with van der Waals surface area (Å²) >= 11 is 0. The van der Waals surface area contributed by atoms with Crippen LogP contribution in [0.15, 0.2) is 53.1 Å². The van der Waals surface area contributed by atoms with E-state index in [1.54, 1.807) is 11.9 Å². The van der Waals surface area contributed by atoms with Crippen molar-refractivity contribution in [3.63, 3.8) is 0 Å². The van der Waals surface area contributed by atoms with Crippen LogP contribution in [0, 0.1) is 13.8 Å². The average molecular weight is 379 g/mol. The highest BCUT2D eigenvalue weighted by Crippen LogP contribution is 2.21. The predicted octanol–water partition coefficient (Wildman–Crippen LogP) is 4.17. The number of ether oxygens (including phenoxy) is 1. The van der Waals surface area contributed by atoms with Crippen LogP contribution in [0.3, 0.4) is 0 Å². The molecule has 0 spiro atoms. The lowest BCUT2D eigenvalue weighted by molar-refractivity contribution is -0.138. The molecule has 0 aliphatic heterocycles. The third-order valence-corrected chi connectivity index (χ3v) is 4.50. The largest absolute Gasteiger partial charge is 0.480 e. The zero-order valence-corrected chi connectivity index (χ0v) is 16.7. The number of para-hydroxylation sites is 1. The molecule has 1 aromatic heterocycles. The van der Waals surface area contributed by atoms with Gasteiger partial charge in [0, 0.05) is 12.6 Å². The smallest absolute Gasteiger partial charge is 0.263 e. The normalized spacial score (nSPS) is 11.9. The Kier molecular flexibility index (Phi) is 6.09. The van der Waals surface area contributed by atoms with Crippen molar-refractivity contribution in [2.45, 2.75) is 39.8 Å². The first-order valence-electron chi connectivity index (χ1n) is 9.34. The van der Waals surface area contributed by atoms with Gasteiger partial charge in [-0.3, -0.25) is 4.79 Å². The van der Waals surface area contributed by atoms with E-state index in [0.29, 0.717) is 18.1 Å². The Balaban J connectivity index is 1.67. The summed E-state index contributed by atoms with van der Waals surface area (Å²) in [5.41, 5.74) is 3.00. The van der Waals surface area contributed by atoms with E-state index in [4.69, 9.17) is 9.26 Å². The molecule has 0 aliphatic carbocycles. The van der Waals surface area contributed by atoms with E-state index in [0.717, 1.165) is 22.4 Å². The number of likely N-dealkylation sites (N-methyl/N-ethyl adjacent to an activating group) is 1. The van der Waals surface area contributed by atoms with E-state index in [1.165, 1.54) is 0 Å². The Hall–Kier alpha value is -3.15. The molecule has 6 nitrogen and oxygen atoms in total. The summed E-state index contributed by atoms with van der Waals surface area (Å²) in [5, 5.41) is 4.03. The first-order chi connectivity index (χ1) is 13.5. The molecule has 0 unspecified atom stereocenters. The minimum absolute atomic E-state index is 0.124. The van der Waals surface area contributed by atoms with E-state index in [-0.39, 0.29) is 12.5 Å². The fourth-order valence-electron chi connectivity index (χ4n) is 2.90. The lowest BCUT2D eigenvalue weighted by atomic mass is 10.1. The molecule has 3 rings (SSSR count). The monoisotopic (exact) mass is 379 g/mol. The number of amides is 1. The summed E-state index contributed by atoms with van der Waals surface area (Å²) < 4.78 is 11.3. The average Bonchev–Trinajstić information content (AvgIpc) is 3.15. The van der Waals surface area contributed by atoms with Crippen LogP contribution >= 0.6 is 0 Å². The van der Waals surface area contributed by atoms with Crippen molar-refractivity contribution in [3.8, 4) is 17.1 Å². The minimum atomic E-state index is -0.565. The van der Waals surface area contributed by atoms with Crippen molar-refractivity contribution in [1.29, 1.82) is 0 Å². The van der Waals surface area contributed by atoms with Crippen molar-refractivity contribution in [2.24, 2.45) is 0 Å². The van der Waals surface area contributed by atoms with Gasteiger partial charge in [0.15, 0.2) is 6.10 Å². The molecule has 3 aromatic rings. The molecule has 1 heterocycles. The molecule has 0 saturated carbocycles. The lowest BCUT2D eigenvalue weighted by Gasteiger charge is -2.23. The Morgan fingerprint density at radius 2 is 1.96 bits per heavy atom. The highest BCUT2D eigenvalue weighted by atomic mass is 16.5. The molecule has 0 fully saturated rings. The SMILES string of the molecule is CC[C@@H](Oc1ccccc1C)C(=O)N(C)Cc1nc(-c2cccc(C)c2)no1. The fraction of sp³-hybridized carbons (Fsp3) is 0.318. The van der Waals surface area contributed by atoms with Gasteiger partial charge in [0.2, 0.25) is 11.7 Å². The maximum atomic E-state index is 12.8. The lowest BCUT2D eigenvalue weighted by Crippen LogP contribution is -2.39. The molecule has 28 heavy (non-hydrogen) atoms. The Morgan fingerprint density at radius 3 is 2.68 bits per heavy atom. The zero-order valence-electron chi connectivity index (χ0n) is 16.7. The number of benzene rings is 2. The maximum Gasteiger partial charge on any atom is 0.263 e. The Labute approximate surface area is 165 Å². The molecule has 1 atom stereocenters. The summed E-state index contributed by atoms with van der Waals surface area (Å²) in [6, 6.07) is 15.6. The van der Waals surface area contributed by atoms with Gasteiger partial charge in [-0.05, 0) is 38.0 Å². The number of aryl methyl sites for hydroxylation is 2. The van der Waals surface area contributed by atoms with E-state index in [2.05, 4.69) is 10.1 Å². The third kappa shape index (κ3) is 4.57. The highest BCUT2D eigenvalue weighted by molar-refractivity contribution is 5.81. The molecular formula is C22H25N3O3. The first kappa shape index (κ1) is 19.6. The summed E-state index contributed by atoms with van der Waals surface area (Å²) in [4.78, 5) is 18.8. The number of rotatable bonds is 7. The van der Waals surface area contributed by atoms with Crippen LogP contribution in [0.1, 0.15) is 30.4 Å². The highest BCUT2D eigenvalue weighted by Gasteiger charge is 2.24. The van der Waals surface area contributed by atoms with Gasteiger partial charge in [-0.15, -0.1) is 0 Å². The number of carbonyl (C=O) groups excluding carboxylic acids is 1. The van der Waals surface area contributed by atoms with Crippen LogP contribution in [-0.2, 0) is 11.3 Å². The van der Waals surface area contributed by atoms with E-state index >= 15 is 0 Å². The van der Waals surface area contributed by atoms with Gasteiger partial charge in [-0.1, -0.05) is 54.0 Å². The topological polar surface area (TPSA) is 68.5 Å². The fourth-order valence-corrected chi connectivity index (χ4v) is 2.90.